The molecule has 0 aliphatic carbocycles. The largest absolute Gasteiger partial charge is 0.443 e. The van der Waals surface area contributed by atoms with Gasteiger partial charge in [-0.05, 0) is 0 Å². The Balaban J connectivity index is -0.0000000145. The Morgan fingerprint density at radius 3 is 0.571 bits per heavy atom. The van der Waals surface area contributed by atoms with E-state index in [1.807, 2.05) is 0 Å². The molecule has 0 aliphatic heterocycles. The number of aliphatic hydroxyl groups is 4. The molecule has 0 bridgehead atoms. The van der Waals surface area contributed by atoms with Crippen molar-refractivity contribution in [3.05, 3.63) is 0 Å². The summed E-state index contributed by atoms with van der Waals surface area (Å²) in [5, 5.41) is 55.0. The van der Waals surface area contributed by atoms with E-state index >= 15 is 0 Å². The van der Waals surface area contributed by atoms with Gasteiger partial charge in [-0.1, -0.05) is 0 Å². The van der Waals surface area contributed by atoms with Gasteiger partial charge in [0.05, 0.1) is 0 Å². The van der Waals surface area contributed by atoms with E-state index in [9.17, 15) is 0 Å². The molecular formula is C4H4KMoN4O4. The summed E-state index contributed by atoms with van der Waals surface area (Å²) in [6.07, 6.45) is 3.00. The summed E-state index contributed by atoms with van der Waals surface area (Å²) in [4.78, 5) is 0. The number of nitrogens with zero attached hydrogens (tertiary/aromatic N) is 4. The Morgan fingerprint density at radius 2 is 0.571 bits per heavy atom. The zero-order chi connectivity index (χ0) is 10.8. The second-order valence-electron chi connectivity index (χ2n) is 0.400. The van der Waals surface area contributed by atoms with E-state index in [2.05, 4.69) is 0 Å². The van der Waals surface area contributed by atoms with Crippen LogP contribution in [0.25, 0.3) is 0 Å². The predicted molar refractivity (Wildman–Crippen MR) is 35.9 cm³/mol. The van der Waals surface area contributed by atoms with Crippen molar-refractivity contribution in [3.8, 4) is 25.0 Å². The van der Waals surface area contributed by atoms with E-state index in [4.69, 9.17) is 41.5 Å². The third-order valence-electron chi connectivity index (χ3n) is 0. The van der Waals surface area contributed by atoms with Crippen molar-refractivity contribution < 1.29 is 41.5 Å². The molecule has 0 fully saturated rings. The molecule has 0 spiro atoms. The van der Waals surface area contributed by atoms with Crippen molar-refractivity contribution in [2.45, 2.75) is 0 Å². The SMILES string of the molecule is N#CO.N#CO.N#CO.N#CO.[K].[Mo]. The fourth-order valence-corrected chi connectivity index (χ4v) is 0. The molecule has 0 heterocycles. The van der Waals surface area contributed by atoms with Crippen LogP contribution in [0.3, 0.4) is 0 Å². The Kier molecular flexibility index (Phi) is 363. The minimum Gasteiger partial charge on any atom is -0.443 e. The van der Waals surface area contributed by atoms with Crippen molar-refractivity contribution in [2.75, 3.05) is 0 Å². The summed E-state index contributed by atoms with van der Waals surface area (Å²) in [7, 11) is 0. The van der Waals surface area contributed by atoms with Crippen LogP contribution >= 0.6 is 0 Å². The summed E-state index contributed by atoms with van der Waals surface area (Å²) in [5.41, 5.74) is 0. The van der Waals surface area contributed by atoms with Crippen molar-refractivity contribution in [2.24, 2.45) is 0 Å². The van der Waals surface area contributed by atoms with Crippen LogP contribution in [0.15, 0.2) is 0 Å². The fraction of sp³-hybridized carbons (Fsp3) is 0. The van der Waals surface area contributed by atoms with Crippen LogP contribution < -0.4 is 0 Å². The van der Waals surface area contributed by atoms with Crippen LogP contribution in [-0.4, -0.2) is 71.8 Å². The summed E-state index contributed by atoms with van der Waals surface area (Å²) in [5.74, 6) is 0. The maximum absolute atomic E-state index is 6.88. The zero-order valence-corrected chi connectivity index (χ0v) is 12.1. The molecule has 0 saturated carbocycles. The standard InChI is InChI=1S/4CHNO.K.Mo/c4*2-1-3;;/h4*3H;;. The van der Waals surface area contributed by atoms with Gasteiger partial charge in [0.25, 0.3) is 25.0 Å². The second-order valence-corrected chi connectivity index (χ2v) is 0.400. The smallest absolute Gasteiger partial charge is 0.283 e. The van der Waals surface area contributed by atoms with Gasteiger partial charge in [0, 0.05) is 72.4 Å². The molecule has 0 aromatic heterocycles. The second kappa shape index (κ2) is 136. The molecule has 0 aromatic rings. The molecule has 1 radical (unpaired) electrons. The van der Waals surface area contributed by atoms with E-state index in [1.165, 1.54) is 0 Å². The summed E-state index contributed by atoms with van der Waals surface area (Å²) in [6.45, 7) is 0. The third kappa shape index (κ3) is 4750. The number of hydrogen-bond acceptors (Lipinski definition) is 8. The first-order valence-electron chi connectivity index (χ1n) is 1.79. The van der Waals surface area contributed by atoms with E-state index in [0.717, 1.165) is 25.0 Å². The van der Waals surface area contributed by atoms with Crippen LogP contribution in [0.1, 0.15) is 0 Å². The molecule has 0 rings (SSSR count). The normalized spacial score (nSPS) is 2.00. The first kappa shape index (κ1) is 37.5. The third-order valence-corrected chi connectivity index (χ3v) is 0. The monoisotopic (exact) mass is 309 g/mol. The van der Waals surface area contributed by atoms with E-state index < -0.39 is 0 Å². The van der Waals surface area contributed by atoms with Gasteiger partial charge >= 0.3 is 0 Å². The molecule has 0 unspecified atom stereocenters. The van der Waals surface area contributed by atoms with Gasteiger partial charge in [-0.3, -0.25) is 0 Å². The van der Waals surface area contributed by atoms with Crippen molar-refractivity contribution in [3.63, 3.8) is 0 Å². The summed E-state index contributed by atoms with van der Waals surface area (Å²) >= 11 is 0. The first-order valence-corrected chi connectivity index (χ1v) is 1.79. The van der Waals surface area contributed by atoms with E-state index in [1.54, 1.807) is 0 Å². The Morgan fingerprint density at radius 1 is 0.571 bits per heavy atom. The van der Waals surface area contributed by atoms with Gasteiger partial charge in [-0.2, -0.15) is 21.0 Å². The number of aliphatic hydroxyl groups excluding tert-OH is 4. The zero-order valence-electron chi connectivity index (χ0n) is 6.99. The number of nitriles is 4. The van der Waals surface area contributed by atoms with Crippen LogP contribution in [0.2, 0.25) is 0 Å². The molecule has 10 heteroatoms. The van der Waals surface area contributed by atoms with Gasteiger partial charge in [0.15, 0.2) is 0 Å². The molecule has 0 saturated heterocycles. The minimum atomic E-state index is 0. The van der Waals surface area contributed by atoms with Gasteiger partial charge in [0.1, 0.15) is 0 Å². The molecule has 8 nitrogen and oxygen atoms in total. The predicted octanol–water partition coefficient (Wildman–Crippen LogP) is -1.02. The fourth-order valence-electron chi connectivity index (χ4n) is 0. The van der Waals surface area contributed by atoms with Gasteiger partial charge in [-0.25, -0.2) is 0 Å². The van der Waals surface area contributed by atoms with Crippen molar-refractivity contribution >= 4 is 51.4 Å². The molecule has 71 valence electrons. The van der Waals surface area contributed by atoms with Gasteiger partial charge < -0.3 is 20.4 Å². The minimum absolute atomic E-state index is 0. The maximum atomic E-state index is 6.88. The molecule has 0 amide bonds. The molecule has 0 aromatic carbocycles. The van der Waals surface area contributed by atoms with Crippen molar-refractivity contribution in [1.29, 1.82) is 21.0 Å². The summed E-state index contributed by atoms with van der Waals surface area (Å²) < 4.78 is 0. The molecule has 14 heavy (non-hydrogen) atoms. The Bertz CT molecular complexity index is 163. The average molecular weight is 307 g/mol. The van der Waals surface area contributed by atoms with E-state index in [-0.39, 0.29) is 72.4 Å². The van der Waals surface area contributed by atoms with Gasteiger partial charge in [0.2, 0.25) is 0 Å². The van der Waals surface area contributed by atoms with E-state index in [0.29, 0.717) is 0 Å². The number of hydrogen-bond donors (Lipinski definition) is 4. The molecule has 0 aliphatic rings. The summed E-state index contributed by atoms with van der Waals surface area (Å²) in [6, 6.07) is 0. The first-order chi connectivity index (χ1) is 5.66. The number of rotatable bonds is 0. The Labute approximate surface area is 137 Å². The topological polar surface area (TPSA) is 176 Å². The van der Waals surface area contributed by atoms with Crippen LogP contribution in [0, 0.1) is 46.1 Å². The molecular weight excluding hydrogens is 303 g/mol. The molecule has 4 N–H and O–H groups in total. The molecule has 0 atom stereocenters. The van der Waals surface area contributed by atoms with Crippen LogP contribution in [-0.2, 0) is 21.1 Å². The van der Waals surface area contributed by atoms with Crippen LogP contribution in [0.4, 0.5) is 0 Å². The average Bonchev–Trinajstić information content (AvgIpc) is 1.92. The maximum Gasteiger partial charge on any atom is 0.283 e. The Hall–Kier alpha value is -0.515. The quantitative estimate of drug-likeness (QED) is 0.324. The van der Waals surface area contributed by atoms with Gasteiger partial charge in [-0.15, -0.1) is 0 Å². The van der Waals surface area contributed by atoms with Crippen LogP contribution in [0.5, 0.6) is 0 Å². The van der Waals surface area contributed by atoms with Crippen molar-refractivity contribution in [1.82, 2.24) is 0 Å².